The lowest BCUT2D eigenvalue weighted by atomic mass is 10.3. The highest BCUT2D eigenvalue weighted by atomic mass is 35.5. The Morgan fingerprint density at radius 2 is 2.08 bits per heavy atom. The molecule has 4 nitrogen and oxygen atoms in total. The van der Waals surface area contributed by atoms with Crippen LogP contribution in [0.15, 0.2) is 23.1 Å². The molecule has 0 saturated heterocycles. The molecule has 0 aliphatic carbocycles. The Morgan fingerprint density at radius 1 is 1.46 bits per heavy atom. The summed E-state index contributed by atoms with van der Waals surface area (Å²) in [4.78, 5) is 0.0106. The fourth-order valence-corrected chi connectivity index (χ4v) is 1.76. The monoisotopic (exact) mass is 220 g/mol. The Morgan fingerprint density at radius 3 is 2.46 bits per heavy atom. The van der Waals surface area contributed by atoms with Gasteiger partial charge in [0.2, 0.25) is 10.0 Å². The quantitative estimate of drug-likeness (QED) is 0.782. The zero-order chi connectivity index (χ0) is 10.1. The molecule has 1 rings (SSSR count). The summed E-state index contributed by atoms with van der Waals surface area (Å²) in [6.07, 6.45) is 0. The van der Waals surface area contributed by atoms with Gasteiger partial charge in [-0.15, -0.1) is 0 Å². The minimum Gasteiger partial charge on any atom is -0.387 e. The number of halogens is 1. The third-order valence-corrected chi connectivity index (χ3v) is 2.76. The highest BCUT2D eigenvalue weighted by molar-refractivity contribution is 7.89. The lowest BCUT2D eigenvalue weighted by Gasteiger charge is -2.04. The van der Waals surface area contributed by atoms with Crippen LogP contribution >= 0.6 is 11.6 Å². The molecule has 0 radical (unpaired) electrons. The predicted molar refractivity (Wildman–Crippen MR) is 52.4 cm³/mol. The van der Waals surface area contributed by atoms with Gasteiger partial charge in [0.15, 0.2) is 0 Å². The van der Waals surface area contributed by atoms with Gasteiger partial charge in [0.25, 0.3) is 0 Å². The van der Waals surface area contributed by atoms with Crippen molar-refractivity contribution in [2.75, 3.05) is 12.4 Å². The van der Waals surface area contributed by atoms with E-state index in [0.717, 1.165) is 0 Å². The van der Waals surface area contributed by atoms with Crippen LogP contribution in [0.4, 0.5) is 5.69 Å². The van der Waals surface area contributed by atoms with Crippen molar-refractivity contribution < 1.29 is 8.42 Å². The first-order chi connectivity index (χ1) is 5.95. The van der Waals surface area contributed by atoms with Crippen LogP contribution in [0.5, 0.6) is 0 Å². The molecule has 0 aliphatic heterocycles. The van der Waals surface area contributed by atoms with Crippen LogP contribution < -0.4 is 10.5 Å². The summed E-state index contributed by atoms with van der Waals surface area (Å²) >= 11 is 5.75. The lowest BCUT2D eigenvalue weighted by molar-refractivity contribution is 0.598. The van der Waals surface area contributed by atoms with Gasteiger partial charge in [-0.3, -0.25) is 0 Å². The molecule has 0 aromatic heterocycles. The van der Waals surface area contributed by atoms with E-state index in [2.05, 4.69) is 5.32 Å². The molecule has 13 heavy (non-hydrogen) atoms. The molecule has 0 unspecified atom stereocenters. The van der Waals surface area contributed by atoms with Gasteiger partial charge in [-0.05, 0) is 18.2 Å². The normalized spacial score (nSPS) is 11.3. The first-order valence-electron chi connectivity index (χ1n) is 3.45. The first kappa shape index (κ1) is 10.3. The molecule has 1 aromatic rings. The zero-order valence-electron chi connectivity index (χ0n) is 6.91. The number of hydrogen-bond acceptors (Lipinski definition) is 3. The highest BCUT2D eigenvalue weighted by Gasteiger charge is 2.09. The van der Waals surface area contributed by atoms with E-state index in [1.165, 1.54) is 12.1 Å². The Balaban J connectivity index is 3.26. The van der Waals surface area contributed by atoms with Crippen LogP contribution in [-0.2, 0) is 10.0 Å². The molecule has 0 atom stereocenters. The summed E-state index contributed by atoms with van der Waals surface area (Å²) in [5, 5.41) is 8.04. The molecule has 0 heterocycles. The lowest BCUT2D eigenvalue weighted by Crippen LogP contribution is -2.12. The van der Waals surface area contributed by atoms with Gasteiger partial charge in [-0.25, -0.2) is 13.6 Å². The van der Waals surface area contributed by atoms with Crippen molar-refractivity contribution in [1.29, 1.82) is 0 Å². The summed E-state index contributed by atoms with van der Waals surface area (Å²) in [6.45, 7) is 0. The van der Waals surface area contributed by atoms with Crippen LogP contribution in [0, 0.1) is 0 Å². The maximum Gasteiger partial charge on any atom is 0.238 e. The second-order valence-electron chi connectivity index (χ2n) is 2.44. The molecule has 0 aliphatic rings. The molecule has 0 amide bonds. The maximum atomic E-state index is 10.9. The van der Waals surface area contributed by atoms with Crippen molar-refractivity contribution in [2.45, 2.75) is 4.90 Å². The fourth-order valence-electron chi connectivity index (χ4n) is 0.876. The molecule has 72 valence electrons. The summed E-state index contributed by atoms with van der Waals surface area (Å²) < 4.78 is 21.8. The Kier molecular flexibility index (Phi) is 2.80. The minimum absolute atomic E-state index is 0.0106. The molecule has 6 heteroatoms. The first-order valence-corrected chi connectivity index (χ1v) is 5.37. The summed E-state index contributed by atoms with van der Waals surface area (Å²) in [6, 6.07) is 4.26. The van der Waals surface area contributed by atoms with E-state index < -0.39 is 10.0 Å². The number of hydrogen-bond donors (Lipinski definition) is 2. The minimum atomic E-state index is -3.66. The van der Waals surface area contributed by atoms with Gasteiger partial charge in [-0.1, -0.05) is 11.6 Å². The van der Waals surface area contributed by atoms with E-state index in [4.69, 9.17) is 16.7 Å². The average molecular weight is 221 g/mol. The van der Waals surface area contributed by atoms with Gasteiger partial charge in [0.05, 0.1) is 15.6 Å². The van der Waals surface area contributed by atoms with Crippen molar-refractivity contribution in [2.24, 2.45) is 5.14 Å². The largest absolute Gasteiger partial charge is 0.387 e. The van der Waals surface area contributed by atoms with Gasteiger partial charge in [0.1, 0.15) is 0 Å². The number of nitrogens with two attached hydrogens (primary N) is 1. The summed E-state index contributed by atoms with van der Waals surface area (Å²) in [5.74, 6) is 0. The third-order valence-electron chi connectivity index (χ3n) is 1.54. The number of sulfonamides is 1. The van der Waals surface area contributed by atoms with Crippen LogP contribution in [0.3, 0.4) is 0 Å². The summed E-state index contributed by atoms with van der Waals surface area (Å²) in [5.41, 5.74) is 0.661. The van der Waals surface area contributed by atoms with E-state index in [1.807, 2.05) is 0 Å². The maximum absolute atomic E-state index is 10.9. The van der Waals surface area contributed by atoms with Crippen molar-refractivity contribution in [3.05, 3.63) is 23.2 Å². The Hall–Kier alpha value is -0.780. The Labute approximate surface area is 81.8 Å². The van der Waals surface area contributed by atoms with E-state index >= 15 is 0 Å². The molecule has 0 fully saturated rings. The Bertz CT molecular complexity index is 417. The number of primary sulfonamides is 1. The van der Waals surface area contributed by atoms with Crippen molar-refractivity contribution >= 4 is 27.3 Å². The number of benzene rings is 1. The van der Waals surface area contributed by atoms with E-state index in [1.54, 1.807) is 13.1 Å². The van der Waals surface area contributed by atoms with Gasteiger partial charge < -0.3 is 5.32 Å². The highest BCUT2D eigenvalue weighted by Crippen LogP contribution is 2.23. The zero-order valence-corrected chi connectivity index (χ0v) is 8.48. The van der Waals surface area contributed by atoms with E-state index in [-0.39, 0.29) is 4.90 Å². The molecular formula is C7H9ClN2O2S. The molecule has 0 saturated carbocycles. The molecule has 0 bridgehead atoms. The van der Waals surface area contributed by atoms with Crippen molar-refractivity contribution in [3.63, 3.8) is 0 Å². The standard InChI is InChI=1S/C7H9ClN2O2S/c1-10-7-3-2-5(4-6(7)8)13(9,11)12/h2-4,10H,1H3,(H2,9,11,12). The SMILES string of the molecule is CNc1ccc(S(N)(=O)=O)cc1Cl. The second-order valence-corrected chi connectivity index (χ2v) is 4.41. The predicted octanol–water partition coefficient (Wildman–Crippen LogP) is 1.03. The summed E-state index contributed by atoms with van der Waals surface area (Å²) in [7, 11) is -1.97. The molecular weight excluding hydrogens is 212 g/mol. The van der Waals surface area contributed by atoms with Crippen LogP contribution in [0.25, 0.3) is 0 Å². The van der Waals surface area contributed by atoms with Gasteiger partial charge >= 0.3 is 0 Å². The van der Waals surface area contributed by atoms with E-state index in [9.17, 15) is 8.42 Å². The smallest absolute Gasteiger partial charge is 0.238 e. The van der Waals surface area contributed by atoms with E-state index in [0.29, 0.717) is 10.7 Å². The number of anilines is 1. The molecule has 1 aromatic carbocycles. The molecule has 3 N–H and O–H groups in total. The van der Waals surface area contributed by atoms with Gasteiger partial charge in [-0.2, -0.15) is 0 Å². The topological polar surface area (TPSA) is 72.2 Å². The molecule has 0 spiro atoms. The number of rotatable bonds is 2. The number of nitrogens with one attached hydrogen (secondary N) is 1. The average Bonchev–Trinajstić information content (AvgIpc) is 2.02. The van der Waals surface area contributed by atoms with Crippen LogP contribution in [0.1, 0.15) is 0 Å². The third kappa shape index (κ3) is 2.33. The van der Waals surface area contributed by atoms with Gasteiger partial charge in [0, 0.05) is 7.05 Å². The second kappa shape index (κ2) is 3.53. The van der Waals surface area contributed by atoms with Crippen LogP contribution in [-0.4, -0.2) is 15.5 Å². The fraction of sp³-hybridized carbons (Fsp3) is 0.143. The van der Waals surface area contributed by atoms with Crippen molar-refractivity contribution in [1.82, 2.24) is 0 Å². The van der Waals surface area contributed by atoms with Crippen molar-refractivity contribution in [3.8, 4) is 0 Å². The van der Waals surface area contributed by atoms with Crippen LogP contribution in [0.2, 0.25) is 5.02 Å².